The van der Waals surface area contributed by atoms with Gasteiger partial charge in [0.25, 0.3) is 0 Å². The standard InChI is InChI=1S/C18H20BF2NO6/c20-18(21)5-3-11(7-18)16(23)22-8-12(9-22)27-13-2-1-10-4-6-19(26)28-15(10)14(13)17(24)25/h1-2,11-12,26H,3-9H2,(H,24,25)/t11-/m0/s1. The van der Waals surface area contributed by atoms with Crippen LogP contribution < -0.4 is 9.39 Å². The molecule has 0 spiro atoms. The van der Waals surface area contributed by atoms with Gasteiger partial charge >= 0.3 is 13.1 Å². The molecule has 10 heteroatoms. The number of carbonyl (C=O) groups excluding carboxylic acids is 1. The van der Waals surface area contributed by atoms with Gasteiger partial charge in [0.1, 0.15) is 23.2 Å². The van der Waals surface area contributed by atoms with Crippen molar-refractivity contribution in [2.75, 3.05) is 13.1 Å². The molecule has 3 aliphatic rings. The molecule has 7 nitrogen and oxygen atoms in total. The van der Waals surface area contributed by atoms with E-state index < -0.39 is 37.5 Å². The number of aryl methyl sites for hydroxylation is 1. The Labute approximate surface area is 160 Å². The molecule has 1 atom stereocenters. The van der Waals surface area contributed by atoms with Crippen LogP contribution >= 0.6 is 0 Å². The minimum Gasteiger partial charge on any atom is -0.535 e. The third-order valence-corrected chi connectivity index (χ3v) is 5.54. The molecule has 1 amide bonds. The van der Waals surface area contributed by atoms with Crippen LogP contribution in [-0.4, -0.2) is 59.1 Å². The maximum absolute atomic E-state index is 13.3. The zero-order valence-corrected chi connectivity index (χ0v) is 15.1. The normalized spacial score (nSPS) is 23.6. The second kappa shape index (κ2) is 6.91. The molecule has 1 saturated heterocycles. The van der Waals surface area contributed by atoms with Crippen molar-refractivity contribution in [3.63, 3.8) is 0 Å². The van der Waals surface area contributed by atoms with E-state index in [9.17, 15) is 28.5 Å². The highest BCUT2D eigenvalue weighted by atomic mass is 19.3. The predicted octanol–water partition coefficient (Wildman–Crippen LogP) is 1.83. The van der Waals surface area contributed by atoms with Crippen LogP contribution in [0.15, 0.2) is 12.1 Å². The maximum Gasteiger partial charge on any atom is 0.522 e. The van der Waals surface area contributed by atoms with E-state index in [1.165, 1.54) is 4.90 Å². The van der Waals surface area contributed by atoms with Gasteiger partial charge in [-0.25, -0.2) is 13.6 Å². The van der Waals surface area contributed by atoms with Gasteiger partial charge in [-0.1, -0.05) is 6.07 Å². The summed E-state index contributed by atoms with van der Waals surface area (Å²) in [5, 5.41) is 19.2. The number of carbonyl (C=O) groups is 2. The smallest absolute Gasteiger partial charge is 0.522 e. The second-order valence-electron chi connectivity index (χ2n) is 7.62. The number of ether oxygens (including phenoxy) is 1. The largest absolute Gasteiger partial charge is 0.535 e. The van der Waals surface area contributed by atoms with Crippen LogP contribution in [0.2, 0.25) is 6.32 Å². The molecule has 0 radical (unpaired) electrons. The highest BCUT2D eigenvalue weighted by Crippen LogP contribution is 2.41. The zero-order valence-electron chi connectivity index (χ0n) is 15.1. The molecule has 0 bridgehead atoms. The van der Waals surface area contributed by atoms with Gasteiger partial charge < -0.3 is 24.4 Å². The first-order valence-electron chi connectivity index (χ1n) is 9.30. The Bertz CT molecular complexity index is 814. The van der Waals surface area contributed by atoms with Crippen LogP contribution in [0.3, 0.4) is 0 Å². The number of amides is 1. The van der Waals surface area contributed by atoms with Gasteiger partial charge in [0.2, 0.25) is 11.8 Å². The lowest BCUT2D eigenvalue weighted by atomic mass is 9.78. The summed E-state index contributed by atoms with van der Waals surface area (Å²) < 4.78 is 37.7. The summed E-state index contributed by atoms with van der Waals surface area (Å²) in [6, 6.07) is 3.25. The number of halogens is 2. The van der Waals surface area contributed by atoms with E-state index in [-0.39, 0.29) is 48.9 Å². The molecule has 0 unspecified atom stereocenters. The quantitative estimate of drug-likeness (QED) is 0.756. The van der Waals surface area contributed by atoms with Crippen molar-refractivity contribution in [1.29, 1.82) is 0 Å². The first kappa shape index (κ1) is 19.0. The number of likely N-dealkylation sites (tertiary alicyclic amines) is 1. The fourth-order valence-corrected chi connectivity index (χ4v) is 4.01. The Morgan fingerprint density at radius 2 is 2.07 bits per heavy atom. The molecule has 4 rings (SSSR count). The number of aromatic carboxylic acids is 1. The van der Waals surface area contributed by atoms with Crippen molar-refractivity contribution in [2.24, 2.45) is 5.92 Å². The van der Waals surface area contributed by atoms with Crippen molar-refractivity contribution in [1.82, 2.24) is 4.90 Å². The Morgan fingerprint density at radius 1 is 1.32 bits per heavy atom. The van der Waals surface area contributed by atoms with E-state index in [2.05, 4.69) is 0 Å². The summed E-state index contributed by atoms with van der Waals surface area (Å²) in [6.07, 6.45) is -0.0417. The lowest BCUT2D eigenvalue weighted by Crippen LogP contribution is -2.57. The lowest BCUT2D eigenvalue weighted by Gasteiger charge is -2.40. The molecule has 1 aliphatic carbocycles. The molecule has 2 aliphatic heterocycles. The summed E-state index contributed by atoms with van der Waals surface area (Å²) in [5.41, 5.74) is 0.527. The monoisotopic (exact) mass is 395 g/mol. The van der Waals surface area contributed by atoms with Crippen LogP contribution in [0.4, 0.5) is 8.78 Å². The SMILES string of the molecule is O=C(O)c1c(OC2CN(C(=O)[C@H]3CCC(F)(F)C3)C2)ccc2c1OB(O)CC2. The highest BCUT2D eigenvalue weighted by Gasteiger charge is 2.46. The van der Waals surface area contributed by atoms with Crippen LogP contribution in [0.25, 0.3) is 0 Å². The number of rotatable bonds is 4. The van der Waals surface area contributed by atoms with E-state index in [1.54, 1.807) is 12.1 Å². The highest BCUT2D eigenvalue weighted by molar-refractivity contribution is 6.44. The number of carboxylic acid groups (broad SMARTS) is 1. The lowest BCUT2D eigenvalue weighted by molar-refractivity contribution is -0.145. The van der Waals surface area contributed by atoms with Gasteiger partial charge in [-0.05, 0) is 30.8 Å². The van der Waals surface area contributed by atoms with E-state index >= 15 is 0 Å². The minimum atomic E-state index is -2.77. The Morgan fingerprint density at radius 3 is 2.71 bits per heavy atom. The zero-order chi connectivity index (χ0) is 20.1. The maximum atomic E-state index is 13.3. The number of carboxylic acids is 1. The van der Waals surface area contributed by atoms with Gasteiger partial charge in [0.15, 0.2) is 0 Å². The fourth-order valence-electron chi connectivity index (χ4n) is 4.01. The van der Waals surface area contributed by atoms with Gasteiger partial charge in [-0.3, -0.25) is 4.79 Å². The first-order valence-corrected chi connectivity index (χ1v) is 9.30. The van der Waals surface area contributed by atoms with Crippen molar-refractivity contribution in [3.05, 3.63) is 23.3 Å². The van der Waals surface area contributed by atoms with Crippen molar-refractivity contribution in [3.8, 4) is 11.5 Å². The Balaban J connectivity index is 1.42. The second-order valence-corrected chi connectivity index (χ2v) is 7.62. The third-order valence-electron chi connectivity index (χ3n) is 5.54. The van der Waals surface area contributed by atoms with E-state index in [0.717, 1.165) is 0 Å². The summed E-state index contributed by atoms with van der Waals surface area (Å²) >= 11 is 0. The molecule has 1 aromatic carbocycles. The molecular formula is C18H20BF2NO6. The molecular weight excluding hydrogens is 375 g/mol. The van der Waals surface area contributed by atoms with Crippen LogP contribution in [-0.2, 0) is 11.2 Å². The van der Waals surface area contributed by atoms with Crippen molar-refractivity contribution < 1.29 is 37.9 Å². The van der Waals surface area contributed by atoms with Gasteiger partial charge in [-0.2, -0.15) is 0 Å². The molecule has 1 saturated carbocycles. The average molecular weight is 395 g/mol. The third kappa shape index (κ3) is 3.53. The van der Waals surface area contributed by atoms with Gasteiger partial charge in [0, 0.05) is 18.8 Å². The topological polar surface area (TPSA) is 96.3 Å². The van der Waals surface area contributed by atoms with Gasteiger partial charge in [0.05, 0.1) is 13.1 Å². The number of alkyl halides is 2. The average Bonchev–Trinajstić information content (AvgIpc) is 2.96. The summed E-state index contributed by atoms with van der Waals surface area (Å²) in [7, 11) is -1.07. The molecule has 1 aromatic rings. The Kier molecular flexibility index (Phi) is 4.69. The van der Waals surface area contributed by atoms with E-state index in [0.29, 0.717) is 18.3 Å². The Hall–Kier alpha value is -2.36. The van der Waals surface area contributed by atoms with Crippen LogP contribution in [0, 0.1) is 5.92 Å². The molecule has 2 fully saturated rings. The van der Waals surface area contributed by atoms with Gasteiger partial charge in [-0.15, -0.1) is 0 Å². The summed E-state index contributed by atoms with van der Waals surface area (Å²) in [6.45, 7) is 0.445. The fraction of sp³-hybridized carbons (Fsp3) is 0.556. The molecule has 0 aromatic heterocycles. The predicted molar refractivity (Wildman–Crippen MR) is 93.8 cm³/mol. The molecule has 28 heavy (non-hydrogen) atoms. The van der Waals surface area contributed by atoms with E-state index in [1.807, 2.05) is 0 Å². The summed E-state index contributed by atoms with van der Waals surface area (Å²) in [5.74, 6) is -4.77. The number of fused-ring (bicyclic) bond motifs is 1. The van der Waals surface area contributed by atoms with Crippen LogP contribution in [0.5, 0.6) is 11.5 Å². The molecule has 2 heterocycles. The number of hydrogen-bond acceptors (Lipinski definition) is 5. The number of nitrogens with zero attached hydrogens (tertiary/aromatic N) is 1. The van der Waals surface area contributed by atoms with Crippen molar-refractivity contribution >= 4 is 19.0 Å². The van der Waals surface area contributed by atoms with E-state index in [4.69, 9.17) is 9.39 Å². The molecule has 150 valence electrons. The minimum absolute atomic E-state index is 0.101. The summed E-state index contributed by atoms with van der Waals surface area (Å²) in [4.78, 5) is 25.5. The molecule has 2 N–H and O–H groups in total. The number of benzene rings is 1. The first-order chi connectivity index (χ1) is 13.2. The van der Waals surface area contributed by atoms with Crippen molar-refractivity contribution in [2.45, 2.75) is 44.0 Å². The van der Waals surface area contributed by atoms with Crippen LogP contribution in [0.1, 0.15) is 35.2 Å². The number of hydrogen-bond donors (Lipinski definition) is 2.